The largest absolute Gasteiger partial charge is 0.390 e. The highest BCUT2D eigenvalue weighted by atomic mass is 35.5. The number of halogens is 1. The Morgan fingerprint density at radius 2 is 2.19 bits per heavy atom. The molecule has 0 aliphatic heterocycles. The fraction of sp³-hybridized carbons (Fsp3) is 0.400. The van der Waals surface area contributed by atoms with Crippen LogP contribution < -0.4 is 0 Å². The van der Waals surface area contributed by atoms with E-state index in [1.807, 2.05) is 0 Å². The summed E-state index contributed by atoms with van der Waals surface area (Å²) in [4.78, 5) is 2.56. The van der Waals surface area contributed by atoms with Crippen molar-refractivity contribution in [3.05, 3.63) is 45.3 Å². The number of aliphatic hydroxyl groups excluding tert-OH is 2. The van der Waals surface area contributed by atoms with Gasteiger partial charge in [0.1, 0.15) is 6.10 Å². The Morgan fingerprint density at radius 3 is 2.81 bits per heavy atom. The molecule has 0 radical (unpaired) electrons. The third-order valence-corrected chi connectivity index (χ3v) is 2.38. The van der Waals surface area contributed by atoms with Crippen LogP contribution in [0.2, 0.25) is 5.02 Å². The Labute approximate surface area is 97.9 Å². The smallest absolute Gasteiger partial charge is 0.105 e. The summed E-state index contributed by atoms with van der Waals surface area (Å²) in [6.07, 6.45) is -1.78. The van der Waals surface area contributed by atoms with Crippen LogP contribution in [0.15, 0.2) is 29.4 Å². The highest BCUT2D eigenvalue weighted by molar-refractivity contribution is 6.30. The normalized spacial score (nSPS) is 13.9. The third-order valence-electron chi connectivity index (χ3n) is 2.14. The SMILES string of the molecule is [N-]=[N+]=NCCC(O)C(O)c1cccc(Cl)c1. The molecule has 0 aliphatic carbocycles. The number of hydrogen-bond donors (Lipinski definition) is 2. The van der Waals surface area contributed by atoms with Crippen LogP contribution in [0, 0.1) is 0 Å². The first kappa shape index (κ1) is 12.8. The number of hydrogen-bond acceptors (Lipinski definition) is 3. The van der Waals surface area contributed by atoms with Crippen molar-refractivity contribution in [1.29, 1.82) is 0 Å². The van der Waals surface area contributed by atoms with Gasteiger partial charge >= 0.3 is 0 Å². The summed E-state index contributed by atoms with van der Waals surface area (Å²) in [5, 5.41) is 23.2. The Balaban J connectivity index is 2.62. The maximum Gasteiger partial charge on any atom is 0.105 e. The molecule has 0 saturated heterocycles. The van der Waals surface area contributed by atoms with Gasteiger partial charge in [-0.1, -0.05) is 28.8 Å². The van der Waals surface area contributed by atoms with E-state index in [2.05, 4.69) is 10.0 Å². The van der Waals surface area contributed by atoms with Gasteiger partial charge in [-0.15, -0.1) is 0 Å². The van der Waals surface area contributed by atoms with Gasteiger partial charge in [0.2, 0.25) is 0 Å². The molecule has 86 valence electrons. The van der Waals surface area contributed by atoms with Gasteiger partial charge in [-0.2, -0.15) is 0 Å². The summed E-state index contributed by atoms with van der Waals surface area (Å²) in [5.74, 6) is 0. The molecule has 16 heavy (non-hydrogen) atoms. The van der Waals surface area contributed by atoms with E-state index in [0.717, 1.165) is 0 Å². The van der Waals surface area contributed by atoms with E-state index >= 15 is 0 Å². The minimum Gasteiger partial charge on any atom is -0.390 e. The van der Waals surface area contributed by atoms with Crippen LogP contribution >= 0.6 is 11.6 Å². The van der Waals surface area contributed by atoms with Crippen LogP contribution in [0.25, 0.3) is 10.4 Å². The monoisotopic (exact) mass is 241 g/mol. The average Bonchev–Trinajstić information content (AvgIpc) is 2.28. The Morgan fingerprint density at radius 1 is 1.44 bits per heavy atom. The molecule has 1 aromatic rings. The lowest BCUT2D eigenvalue weighted by Gasteiger charge is -2.17. The standard InChI is InChI=1S/C10H12ClN3O2/c11-8-3-1-2-7(6-8)10(16)9(15)4-5-13-14-12/h1-3,6,9-10,15-16H,4-5H2. The molecule has 0 heterocycles. The molecule has 0 fully saturated rings. The number of nitrogens with zero attached hydrogens (tertiary/aromatic N) is 3. The van der Waals surface area contributed by atoms with Crippen molar-refractivity contribution in [2.45, 2.75) is 18.6 Å². The van der Waals surface area contributed by atoms with Gasteiger partial charge in [0, 0.05) is 16.5 Å². The highest BCUT2D eigenvalue weighted by Gasteiger charge is 2.17. The molecule has 0 amide bonds. The molecule has 0 saturated carbocycles. The first-order chi connectivity index (χ1) is 7.65. The minimum atomic E-state index is -1.02. The molecule has 1 aromatic carbocycles. The second-order valence-electron chi connectivity index (χ2n) is 3.31. The van der Waals surface area contributed by atoms with E-state index in [9.17, 15) is 10.2 Å². The molecule has 0 bridgehead atoms. The van der Waals surface area contributed by atoms with Crippen LogP contribution in [-0.2, 0) is 0 Å². The van der Waals surface area contributed by atoms with Crippen LogP contribution in [0.3, 0.4) is 0 Å². The third kappa shape index (κ3) is 3.72. The van der Waals surface area contributed by atoms with Crippen LogP contribution in [0.4, 0.5) is 0 Å². The summed E-state index contributed by atoms with van der Waals surface area (Å²) < 4.78 is 0. The first-order valence-electron chi connectivity index (χ1n) is 4.77. The van der Waals surface area contributed by atoms with Gasteiger partial charge in [0.15, 0.2) is 0 Å². The lowest BCUT2D eigenvalue weighted by Crippen LogP contribution is -2.19. The molecule has 0 aliphatic rings. The predicted octanol–water partition coefficient (Wildman–Crippen LogP) is 2.43. The first-order valence-corrected chi connectivity index (χ1v) is 5.15. The molecule has 2 atom stereocenters. The number of aliphatic hydroxyl groups is 2. The molecule has 0 spiro atoms. The topological polar surface area (TPSA) is 89.2 Å². The summed E-state index contributed by atoms with van der Waals surface area (Å²) in [6, 6.07) is 6.64. The number of rotatable bonds is 5. The van der Waals surface area contributed by atoms with Crippen molar-refractivity contribution in [3.63, 3.8) is 0 Å². The molecule has 1 rings (SSSR count). The Kier molecular flexibility index (Phi) is 5.08. The zero-order chi connectivity index (χ0) is 12.0. The van der Waals surface area contributed by atoms with E-state index in [1.165, 1.54) is 0 Å². The van der Waals surface area contributed by atoms with Crippen LogP contribution in [0.5, 0.6) is 0 Å². The molecule has 6 heteroatoms. The van der Waals surface area contributed by atoms with Gasteiger partial charge in [-0.05, 0) is 29.6 Å². The molecule has 5 nitrogen and oxygen atoms in total. The van der Waals surface area contributed by atoms with Gasteiger partial charge < -0.3 is 10.2 Å². The van der Waals surface area contributed by atoms with Crippen molar-refractivity contribution >= 4 is 11.6 Å². The second-order valence-corrected chi connectivity index (χ2v) is 3.75. The summed E-state index contributed by atoms with van der Waals surface area (Å²) in [7, 11) is 0. The molecule has 0 aromatic heterocycles. The Hall–Kier alpha value is -1.26. The van der Waals surface area contributed by atoms with Gasteiger partial charge in [-0.3, -0.25) is 0 Å². The summed E-state index contributed by atoms with van der Waals surface area (Å²) >= 11 is 5.76. The highest BCUT2D eigenvalue weighted by Crippen LogP contribution is 2.21. The fourth-order valence-electron chi connectivity index (χ4n) is 1.31. The van der Waals surface area contributed by atoms with Crippen molar-refractivity contribution in [3.8, 4) is 0 Å². The van der Waals surface area contributed by atoms with E-state index < -0.39 is 12.2 Å². The van der Waals surface area contributed by atoms with E-state index in [4.69, 9.17) is 17.1 Å². The van der Waals surface area contributed by atoms with Crippen molar-refractivity contribution in [2.75, 3.05) is 6.54 Å². The number of azide groups is 1. The molecular formula is C10H12ClN3O2. The average molecular weight is 242 g/mol. The van der Waals surface area contributed by atoms with Crippen LogP contribution in [-0.4, -0.2) is 22.9 Å². The maximum atomic E-state index is 9.77. The van der Waals surface area contributed by atoms with Gasteiger partial charge in [0.05, 0.1) is 6.10 Å². The predicted molar refractivity (Wildman–Crippen MR) is 61.0 cm³/mol. The summed E-state index contributed by atoms with van der Waals surface area (Å²) in [5.41, 5.74) is 8.61. The maximum absolute atomic E-state index is 9.77. The van der Waals surface area contributed by atoms with E-state index in [0.29, 0.717) is 10.6 Å². The Bertz CT molecular complexity index is 393. The van der Waals surface area contributed by atoms with Crippen molar-refractivity contribution < 1.29 is 10.2 Å². The second kappa shape index (κ2) is 6.35. The van der Waals surface area contributed by atoms with Crippen LogP contribution in [0.1, 0.15) is 18.1 Å². The zero-order valence-electron chi connectivity index (χ0n) is 8.49. The molecule has 2 unspecified atom stereocenters. The summed E-state index contributed by atoms with van der Waals surface area (Å²) in [6.45, 7) is 0.148. The lowest BCUT2D eigenvalue weighted by molar-refractivity contribution is 0.0150. The van der Waals surface area contributed by atoms with E-state index in [-0.39, 0.29) is 13.0 Å². The molecular weight excluding hydrogens is 230 g/mol. The van der Waals surface area contributed by atoms with Crippen molar-refractivity contribution in [1.82, 2.24) is 0 Å². The minimum absolute atomic E-state index is 0.148. The quantitative estimate of drug-likeness (QED) is 0.471. The van der Waals surface area contributed by atoms with E-state index in [1.54, 1.807) is 24.3 Å². The molecule has 2 N–H and O–H groups in total. The fourth-order valence-corrected chi connectivity index (χ4v) is 1.50. The van der Waals surface area contributed by atoms with Crippen molar-refractivity contribution in [2.24, 2.45) is 5.11 Å². The lowest BCUT2D eigenvalue weighted by atomic mass is 10.0. The van der Waals surface area contributed by atoms with Gasteiger partial charge in [-0.25, -0.2) is 0 Å². The number of benzene rings is 1. The van der Waals surface area contributed by atoms with Gasteiger partial charge in [0.25, 0.3) is 0 Å². The zero-order valence-corrected chi connectivity index (χ0v) is 9.25.